The van der Waals surface area contributed by atoms with E-state index in [1.807, 2.05) is 36.4 Å². The highest BCUT2D eigenvalue weighted by molar-refractivity contribution is 7.91. The van der Waals surface area contributed by atoms with Gasteiger partial charge in [0.15, 0.2) is 5.78 Å². The summed E-state index contributed by atoms with van der Waals surface area (Å²) in [4.78, 5) is 73.5. The minimum absolute atomic E-state index is 0.0140. The number of alkyl carbamates (subject to hydrolysis) is 1. The van der Waals surface area contributed by atoms with E-state index in [-0.39, 0.29) is 44.6 Å². The lowest BCUT2D eigenvalue weighted by atomic mass is 10.1. The van der Waals surface area contributed by atoms with Gasteiger partial charge in [0.25, 0.3) is 5.91 Å². The molecule has 14 nitrogen and oxygen atoms in total. The smallest absolute Gasteiger partial charge is 0.407 e. The molecular weight excluding hydrogens is 703 g/mol. The SMILES string of the molecule is C=C[C@H]1C[C@]1(NC(=O)[C@@H]1C[C@@H]2CN1C(=O)[C@H](CCC(=O)C=C(C)C)NC(=O)OCCC/C=C/c1ccc3ccnc(c3c1)O2)C(=O)NS(=O)(=O)C1CC1. The minimum Gasteiger partial charge on any atom is -0.472 e. The van der Waals surface area contributed by atoms with E-state index in [0.717, 1.165) is 21.9 Å². The van der Waals surface area contributed by atoms with Crippen LogP contribution in [0.5, 0.6) is 5.88 Å². The molecule has 5 atom stereocenters. The van der Waals surface area contributed by atoms with Gasteiger partial charge in [0, 0.05) is 30.3 Å². The fourth-order valence-corrected chi connectivity index (χ4v) is 8.18. The monoisotopic (exact) mass is 747 g/mol. The number of fused-ring (bicyclic) bond motifs is 3. The Bertz CT molecular complexity index is 1990. The van der Waals surface area contributed by atoms with Crippen molar-refractivity contribution in [3.05, 3.63) is 66.4 Å². The Morgan fingerprint density at radius 1 is 1.17 bits per heavy atom. The fraction of sp³-hybridized carbons (Fsp3) is 0.474. The minimum atomic E-state index is -3.92. The van der Waals surface area contributed by atoms with Crippen molar-refractivity contribution in [3.63, 3.8) is 0 Å². The maximum absolute atomic E-state index is 14.4. The molecule has 53 heavy (non-hydrogen) atoms. The Balaban J connectivity index is 1.32. The molecule has 4 amide bonds. The van der Waals surface area contributed by atoms with E-state index >= 15 is 0 Å². The molecule has 4 bridgehead atoms. The van der Waals surface area contributed by atoms with Crippen molar-refractivity contribution < 1.29 is 41.9 Å². The van der Waals surface area contributed by atoms with Crippen molar-refractivity contribution in [1.82, 2.24) is 25.2 Å². The molecule has 1 aromatic heterocycles. The van der Waals surface area contributed by atoms with Gasteiger partial charge in [-0.3, -0.25) is 23.9 Å². The molecule has 3 heterocycles. The molecule has 0 spiro atoms. The lowest BCUT2D eigenvalue weighted by Crippen LogP contribution is -2.58. The molecule has 1 aromatic carbocycles. The number of sulfonamides is 1. The van der Waals surface area contributed by atoms with Gasteiger partial charge in [0.05, 0.1) is 18.4 Å². The van der Waals surface area contributed by atoms with Crippen LogP contribution >= 0.6 is 0 Å². The van der Waals surface area contributed by atoms with Crippen LogP contribution in [0.4, 0.5) is 4.79 Å². The summed E-state index contributed by atoms with van der Waals surface area (Å²) in [6.07, 6.45) is 8.84. The van der Waals surface area contributed by atoms with Crippen LogP contribution in [0.2, 0.25) is 0 Å². The van der Waals surface area contributed by atoms with Crippen molar-refractivity contribution in [3.8, 4) is 5.88 Å². The maximum atomic E-state index is 14.4. The third-order valence-corrected chi connectivity index (χ3v) is 11.7. The van der Waals surface area contributed by atoms with Gasteiger partial charge in [0.1, 0.15) is 23.7 Å². The standard InChI is InChI=1S/C38H45N5O9S/c1-4-26-21-38(26,36(47)42-53(49,50)29-12-13-29)41-33(45)32-20-28-22-43(32)35(46)31(14-11-27(44)18-23(2)3)40-37(48)51-17-7-5-6-8-24-9-10-25-15-16-39-34(52-28)30(25)19-24/h4,6,8-10,15-16,18-19,26,28-29,31-32H,1,5,7,11-14,17,20-22H2,2-3H3,(H,40,48)(H,41,45)(H,42,47)/b8-6+/t26-,28+,31-,32-,38+/m0/s1. The highest BCUT2D eigenvalue weighted by Gasteiger charge is 2.62. The van der Waals surface area contributed by atoms with Gasteiger partial charge in [-0.25, -0.2) is 18.2 Å². The number of nitrogens with one attached hydrogen (secondary N) is 3. The summed E-state index contributed by atoms with van der Waals surface area (Å²) in [5.74, 6) is -2.71. The van der Waals surface area contributed by atoms with Crippen LogP contribution in [0, 0.1) is 5.92 Å². The number of pyridine rings is 1. The number of aromatic nitrogens is 1. The molecule has 2 aromatic rings. The Kier molecular flexibility index (Phi) is 11.0. The zero-order valence-electron chi connectivity index (χ0n) is 29.8. The van der Waals surface area contributed by atoms with Crippen LogP contribution in [0.15, 0.2) is 60.8 Å². The zero-order chi connectivity index (χ0) is 37.9. The van der Waals surface area contributed by atoms with Crippen LogP contribution in [0.3, 0.4) is 0 Å². The first-order chi connectivity index (χ1) is 25.3. The van der Waals surface area contributed by atoms with E-state index in [1.165, 1.54) is 17.1 Å². The van der Waals surface area contributed by atoms with Gasteiger partial charge in [0.2, 0.25) is 27.7 Å². The van der Waals surface area contributed by atoms with Crippen molar-refractivity contribution in [2.24, 2.45) is 5.92 Å². The van der Waals surface area contributed by atoms with Crippen LogP contribution in [0.25, 0.3) is 16.8 Å². The Labute approximate surface area is 308 Å². The Morgan fingerprint density at radius 2 is 1.96 bits per heavy atom. The van der Waals surface area contributed by atoms with E-state index in [4.69, 9.17) is 9.47 Å². The maximum Gasteiger partial charge on any atom is 0.407 e. The molecular formula is C38H45N5O9S. The molecule has 2 saturated carbocycles. The molecule has 3 N–H and O–H groups in total. The van der Waals surface area contributed by atoms with Crippen molar-refractivity contribution >= 4 is 56.5 Å². The summed E-state index contributed by atoms with van der Waals surface area (Å²) in [7, 11) is -3.92. The van der Waals surface area contributed by atoms with Crippen molar-refractivity contribution in [1.29, 1.82) is 0 Å². The first-order valence-electron chi connectivity index (χ1n) is 17.9. The van der Waals surface area contributed by atoms with E-state index < -0.39 is 68.7 Å². The molecule has 6 rings (SSSR count). The lowest BCUT2D eigenvalue weighted by Gasteiger charge is -2.29. The number of amides is 4. The van der Waals surface area contributed by atoms with Gasteiger partial charge in [-0.2, -0.15) is 0 Å². The van der Waals surface area contributed by atoms with Gasteiger partial charge in [-0.15, -0.1) is 6.58 Å². The van der Waals surface area contributed by atoms with E-state index in [1.54, 1.807) is 20.0 Å². The molecule has 0 radical (unpaired) electrons. The second-order valence-corrected chi connectivity index (χ2v) is 16.3. The van der Waals surface area contributed by atoms with E-state index in [9.17, 15) is 32.4 Å². The summed E-state index contributed by atoms with van der Waals surface area (Å²) in [5.41, 5.74) is 0.0911. The van der Waals surface area contributed by atoms with E-state index in [2.05, 4.69) is 26.9 Å². The Morgan fingerprint density at radius 3 is 2.68 bits per heavy atom. The largest absolute Gasteiger partial charge is 0.472 e. The number of nitrogens with zero attached hydrogens (tertiary/aromatic N) is 2. The molecule has 282 valence electrons. The number of carbonyl (C=O) groups is 5. The number of carbonyl (C=O) groups excluding carboxylic acids is 5. The molecule has 0 unspecified atom stereocenters. The van der Waals surface area contributed by atoms with Crippen molar-refractivity contribution in [2.75, 3.05) is 13.2 Å². The lowest BCUT2D eigenvalue weighted by molar-refractivity contribution is -0.141. The molecule has 2 aliphatic carbocycles. The number of ketones is 1. The number of benzene rings is 1. The van der Waals surface area contributed by atoms with Gasteiger partial charge in [-0.05, 0) is 81.5 Å². The molecule has 1 saturated heterocycles. The number of allylic oxidation sites excluding steroid dienone is 3. The normalized spacial score (nSPS) is 26.6. The summed E-state index contributed by atoms with van der Waals surface area (Å²) in [6, 6.07) is 5.24. The summed E-state index contributed by atoms with van der Waals surface area (Å²) in [6.45, 7) is 7.29. The highest BCUT2D eigenvalue weighted by atomic mass is 32.2. The van der Waals surface area contributed by atoms with Gasteiger partial charge < -0.3 is 25.0 Å². The average molecular weight is 748 g/mol. The van der Waals surface area contributed by atoms with Crippen LogP contribution in [0.1, 0.15) is 70.8 Å². The number of rotatable bonds is 10. The number of cyclic esters (lactones) is 1. The first-order valence-corrected chi connectivity index (χ1v) is 19.5. The topological polar surface area (TPSA) is 190 Å². The van der Waals surface area contributed by atoms with Gasteiger partial charge in [-0.1, -0.05) is 35.9 Å². The Hall–Kier alpha value is -5.05. The fourth-order valence-electron chi connectivity index (χ4n) is 6.82. The summed E-state index contributed by atoms with van der Waals surface area (Å²) < 4.78 is 39.3. The second kappa shape index (κ2) is 15.5. The zero-order valence-corrected chi connectivity index (χ0v) is 30.7. The molecule has 3 fully saturated rings. The number of ether oxygens (including phenoxy) is 2. The third-order valence-electron chi connectivity index (χ3n) is 9.91. The molecule has 2 aliphatic heterocycles. The molecule has 15 heteroatoms. The van der Waals surface area contributed by atoms with Crippen LogP contribution in [-0.4, -0.2) is 90.0 Å². The van der Waals surface area contributed by atoms with E-state index in [0.29, 0.717) is 31.6 Å². The third kappa shape index (κ3) is 8.78. The van der Waals surface area contributed by atoms with Gasteiger partial charge >= 0.3 is 6.09 Å². The molecule has 4 aliphatic rings. The predicted octanol–water partition coefficient (Wildman–Crippen LogP) is 3.47. The van der Waals surface area contributed by atoms with Crippen molar-refractivity contribution in [2.45, 2.75) is 94.2 Å². The van der Waals surface area contributed by atoms with Crippen LogP contribution < -0.4 is 20.1 Å². The quantitative estimate of drug-likeness (QED) is 0.240. The second-order valence-electron chi connectivity index (χ2n) is 14.4. The first kappa shape index (κ1) is 37.7. The number of hydrogen-bond donors (Lipinski definition) is 3. The van der Waals surface area contributed by atoms with Crippen LogP contribution in [-0.2, 0) is 33.9 Å². The highest BCUT2D eigenvalue weighted by Crippen LogP contribution is 2.45. The summed E-state index contributed by atoms with van der Waals surface area (Å²) >= 11 is 0. The summed E-state index contributed by atoms with van der Waals surface area (Å²) in [5, 5.41) is 6.31. The number of hydrogen-bond acceptors (Lipinski definition) is 10. The average Bonchev–Trinajstić information content (AvgIpc) is 4.04. The predicted molar refractivity (Wildman–Crippen MR) is 196 cm³/mol.